The molecule has 3 aromatic rings. The zero-order chi connectivity index (χ0) is 21.4. The summed E-state index contributed by atoms with van der Waals surface area (Å²) >= 11 is 3.37. The lowest BCUT2D eigenvalue weighted by Gasteiger charge is -2.09. The monoisotopic (exact) mass is 490 g/mol. The molecule has 0 saturated carbocycles. The van der Waals surface area contributed by atoms with Crippen molar-refractivity contribution in [2.75, 3.05) is 16.6 Å². The van der Waals surface area contributed by atoms with Gasteiger partial charge in [0, 0.05) is 29.0 Å². The highest BCUT2D eigenvalue weighted by Gasteiger charge is 2.15. The lowest BCUT2D eigenvalue weighted by molar-refractivity contribution is -0.116. The lowest BCUT2D eigenvalue weighted by Crippen LogP contribution is -2.15. The average Bonchev–Trinajstić information content (AvgIpc) is 2.72. The topological polar surface area (TPSA) is 110 Å². The first-order valence-electron chi connectivity index (χ1n) is 9.00. The average molecular weight is 491 g/mol. The maximum Gasteiger partial charge on any atom is 0.264 e. The van der Waals surface area contributed by atoms with Crippen LogP contribution < -0.4 is 14.8 Å². The number of benzene rings is 2. The van der Waals surface area contributed by atoms with Crippen molar-refractivity contribution >= 4 is 43.5 Å². The summed E-state index contributed by atoms with van der Waals surface area (Å²) in [6, 6.07) is 14.9. The van der Waals surface area contributed by atoms with Gasteiger partial charge in [-0.25, -0.2) is 23.1 Å². The van der Waals surface area contributed by atoms with Crippen molar-refractivity contribution in [1.29, 1.82) is 0 Å². The van der Waals surface area contributed by atoms with Gasteiger partial charge in [0.25, 0.3) is 10.0 Å². The van der Waals surface area contributed by atoms with Gasteiger partial charge < -0.3 is 10.1 Å². The van der Waals surface area contributed by atoms with Crippen molar-refractivity contribution in [2.24, 2.45) is 0 Å². The van der Waals surface area contributed by atoms with Crippen molar-refractivity contribution < 1.29 is 17.9 Å². The Morgan fingerprint density at radius 2 is 1.77 bits per heavy atom. The molecule has 10 heteroatoms. The Morgan fingerprint density at radius 3 is 2.47 bits per heavy atom. The Bertz CT molecular complexity index is 1090. The molecule has 0 fully saturated rings. The molecule has 0 atom stereocenters. The minimum Gasteiger partial charge on any atom is -0.494 e. The highest BCUT2D eigenvalue weighted by Crippen LogP contribution is 2.19. The van der Waals surface area contributed by atoms with Crippen molar-refractivity contribution in [3.8, 4) is 5.75 Å². The number of carbonyl (C=O) groups excluding carboxylic acids is 1. The van der Waals surface area contributed by atoms with Gasteiger partial charge in [0.15, 0.2) is 0 Å². The van der Waals surface area contributed by atoms with E-state index in [1.165, 1.54) is 36.7 Å². The Balaban J connectivity index is 1.47. The van der Waals surface area contributed by atoms with Crippen LogP contribution in [0.1, 0.15) is 12.8 Å². The van der Waals surface area contributed by atoms with Gasteiger partial charge in [0.05, 0.1) is 11.5 Å². The van der Waals surface area contributed by atoms with Gasteiger partial charge in [-0.1, -0.05) is 22.0 Å². The van der Waals surface area contributed by atoms with Crippen LogP contribution in [-0.4, -0.2) is 30.9 Å². The number of ether oxygens (including phenoxy) is 1. The Kier molecular flexibility index (Phi) is 7.36. The second-order valence-corrected chi connectivity index (χ2v) is 8.76. The summed E-state index contributed by atoms with van der Waals surface area (Å²) in [5.41, 5.74) is 0.503. The van der Waals surface area contributed by atoms with Crippen molar-refractivity contribution in [3.63, 3.8) is 0 Å². The second-order valence-electron chi connectivity index (χ2n) is 6.16. The van der Waals surface area contributed by atoms with E-state index in [1.54, 1.807) is 6.07 Å². The van der Waals surface area contributed by atoms with Gasteiger partial charge >= 0.3 is 0 Å². The number of anilines is 2. The van der Waals surface area contributed by atoms with Gasteiger partial charge in [0.2, 0.25) is 11.9 Å². The fraction of sp³-hybridized carbons (Fsp3) is 0.150. The number of nitrogens with zero attached hydrogens (tertiary/aromatic N) is 2. The van der Waals surface area contributed by atoms with E-state index in [4.69, 9.17) is 4.74 Å². The number of halogens is 1. The molecule has 0 aliphatic carbocycles. The fourth-order valence-corrected chi connectivity index (χ4v) is 3.79. The first kappa shape index (κ1) is 21.7. The molecular formula is C20H19BrN4O4S. The van der Waals surface area contributed by atoms with Crippen LogP contribution >= 0.6 is 15.9 Å². The summed E-state index contributed by atoms with van der Waals surface area (Å²) in [5.74, 6) is 0.537. The minimum absolute atomic E-state index is 0.0139. The predicted octanol–water partition coefficient (Wildman–Crippen LogP) is 3.84. The summed E-state index contributed by atoms with van der Waals surface area (Å²) in [4.78, 5) is 19.8. The van der Waals surface area contributed by atoms with Crippen LogP contribution in [0.15, 0.2) is 76.4 Å². The third kappa shape index (κ3) is 6.53. The minimum atomic E-state index is -3.81. The van der Waals surface area contributed by atoms with Crippen molar-refractivity contribution in [1.82, 2.24) is 9.97 Å². The first-order valence-corrected chi connectivity index (χ1v) is 11.3. The van der Waals surface area contributed by atoms with Crippen LogP contribution in [0.2, 0.25) is 0 Å². The molecule has 0 aliphatic rings. The molecule has 1 heterocycles. The molecule has 1 aromatic heterocycles. The largest absolute Gasteiger partial charge is 0.494 e. The van der Waals surface area contributed by atoms with Crippen molar-refractivity contribution in [3.05, 3.63) is 71.5 Å². The molecule has 0 radical (unpaired) electrons. The summed E-state index contributed by atoms with van der Waals surface area (Å²) in [6.45, 7) is 0.411. The molecule has 0 unspecified atom stereocenters. The van der Waals surface area contributed by atoms with Gasteiger partial charge in [0.1, 0.15) is 5.75 Å². The molecular weight excluding hydrogens is 472 g/mol. The van der Waals surface area contributed by atoms with Gasteiger partial charge in [-0.15, -0.1) is 0 Å². The summed E-state index contributed by atoms with van der Waals surface area (Å²) in [5, 5.41) is 2.74. The number of rotatable bonds is 9. The predicted molar refractivity (Wildman–Crippen MR) is 117 cm³/mol. The van der Waals surface area contributed by atoms with E-state index in [1.807, 2.05) is 24.3 Å². The summed E-state index contributed by atoms with van der Waals surface area (Å²) < 4.78 is 33.5. The lowest BCUT2D eigenvalue weighted by atomic mass is 10.2. The zero-order valence-electron chi connectivity index (χ0n) is 15.8. The molecule has 0 bridgehead atoms. The molecule has 3 rings (SSSR count). The molecule has 1 amide bonds. The van der Waals surface area contributed by atoms with E-state index in [2.05, 4.69) is 35.9 Å². The van der Waals surface area contributed by atoms with E-state index in [-0.39, 0.29) is 23.2 Å². The molecule has 156 valence electrons. The maximum atomic E-state index is 12.4. The molecule has 0 spiro atoms. The number of hydrogen-bond acceptors (Lipinski definition) is 6. The highest BCUT2D eigenvalue weighted by atomic mass is 79.9. The third-order valence-corrected chi connectivity index (χ3v) is 5.69. The normalized spacial score (nSPS) is 11.0. The Labute approximate surface area is 182 Å². The van der Waals surface area contributed by atoms with E-state index in [0.717, 1.165) is 10.2 Å². The Hall–Kier alpha value is -2.98. The van der Waals surface area contributed by atoms with E-state index >= 15 is 0 Å². The molecule has 2 aromatic carbocycles. The quantitative estimate of drug-likeness (QED) is 0.440. The molecule has 30 heavy (non-hydrogen) atoms. The van der Waals surface area contributed by atoms with Crippen LogP contribution in [-0.2, 0) is 14.8 Å². The molecule has 0 aliphatic heterocycles. The first-order chi connectivity index (χ1) is 14.4. The van der Waals surface area contributed by atoms with Crippen LogP contribution in [0.4, 0.5) is 11.6 Å². The van der Waals surface area contributed by atoms with Crippen molar-refractivity contribution in [2.45, 2.75) is 17.7 Å². The standard InChI is InChI=1S/C20H19BrN4O4S/c21-15-4-1-5-17(14-15)29-13-2-6-19(26)24-16-7-9-18(10-8-16)30(27,28)25-20-22-11-3-12-23-20/h1,3-5,7-12,14H,2,6,13H2,(H,24,26)(H,22,23,25). The van der Waals surface area contributed by atoms with Crippen LogP contribution in [0, 0.1) is 0 Å². The Morgan fingerprint density at radius 1 is 1.03 bits per heavy atom. The number of sulfonamides is 1. The summed E-state index contributed by atoms with van der Waals surface area (Å²) in [7, 11) is -3.81. The molecule has 2 N–H and O–H groups in total. The second kappa shape index (κ2) is 10.2. The van der Waals surface area contributed by atoms with Crippen LogP contribution in [0.25, 0.3) is 0 Å². The number of nitrogens with one attached hydrogen (secondary N) is 2. The number of amides is 1. The molecule has 8 nitrogen and oxygen atoms in total. The SMILES string of the molecule is O=C(CCCOc1cccc(Br)c1)Nc1ccc(S(=O)(=O)Nc2ncccn2)cc1. The number of aromatic nitrogens is 2. The van der Waals surface area contributed by atoms with Crippen LogP contribution in [0.3, 0.4) is 0 Å². The van der Waals surface area contributed by atoms with Crippen LogP contribution in [0.5, 0.6) is 5.75 Å². The van der Waals surface area contributed by atoms with E-state index in [9.17, 15) is 13.2 Å². The number of hydrogen-bond donors (Lipinski definition) is 2. The fourth-order valence-electron chi connectivity index (χ4n) is 2.45. The maximum absolute atomic E-state index is 12.4. The zero-order valence-corrected chi connectivity index (χ0v) is 18.2. The van der Waals surface area contributed by atoms with E-state index < -0.39 is 10.0 Å². The van der Waals surface area contributed by atoms with E-state index in [0.29, 0.717) is 18.7 Å². The highest BCUT2D eigenvalue weighted by molar-refractivity contribution is 9.10. The smallest absolute Gasteiger partial charge is 0.264 e. The van der Waals surface area contributed by atoms with Gasteiger partial charge in [-0.05, 0) is 55.0 Å². The third-order valence-electron chi connectivity index (χ3n) is 3.85. The summed E-state index contributed by atoms with van der Waals surface area (Å²) in [6.07, 6.45) is 3.70. The van der Waals surface area contributed by atoms with Gasteiger partial charge in [-0.2, -0.15) is 0 Å². The number of carbonyl (C=O) groups is 1. The molecule has 0 saturated heterocycles. The van der Waals surface area contributed by atoms with Gasteiger partial charge in [-0.3, -0.25) is 4.79 Å².